The van der Waals surface area contributed by atoms with Crippen LogP contribution in [0, 0.1) is 6.92 Å². The van der Waals surface area contributed by atoms with Crippen LogP contribution < -0.4 is 10.9 Å². The van der Waals surface area contributed by atoms with Crippen molar-refractivity contribution in [1.29, 1.82) is 0 Å². The molecule has 0 aliphatic carbocycles. The molecule has 2 aromatic heterocycles. The van der Waals surface area contributed by atoms with Gasteiger partial charge in [0.05, 0.1) is 6.42 Å². The fourth-order valence-electron chi connectivity index (χ4n) is 2.56. The highest BCUT2D eigenvalue weighted by molar-refractivity contribution is 5.78. The molecule has 0 aliphatic rings. The number of H-pyrrole nitrogens is 1. The number of hydrogen-bond acceptors (Lipinski definition) is 5. The van der Waals surface area contributed by atoms with Gasteiger partial charge in [0.25, 0.3) is 5.56 Å². The Kier molecular flexibility index (Phi) is 6.82. The largest absolute Gasteiger partial charge is 0.355 e. The molecule has 0 unspecified atom stereocenters. The number of aryl methyl sites for hydroxylation is 1. The lowest BCUT2D eigenvalue weighted by atomic mass is 10.1. The summed E-state index contributed by atoms with van der Waals surface area (Å²) in [6.45, 7) is 9.17. The highest BCUT2D eigenvalue weighted by Crippen LogP contribution is 2.11. The summed E-state index contributed by atoms with van der Waals surface area (Å²) in [5.74, 6) is 0.238. The first-order chi connectivity index (χ1) is 12.0. The molecule has 0 spiro atoms. The van der Waals surface area contributed by atoms with Gasteiger partial charge in [-0.25, -0.2) is 4.98 Å². The number of pyridine rings is 1. The SMILES string of the molecule is CCN(CC)CCNC(=O)Cc1c(C)nc(-c2ccccn2)[nH]c1=O. The Balaban J connectivity index is 2.03. The Morgan fingerprint density at radius 3 is 2.64 bits per heavy atom. The van der Waals surface area contributed by atoms with Crippen LogP contribution in [0.15, 0.2) is 29.2 Å². The van der Waals surface area contributed by atoms with E-state index in [0.29, 0.717) is 29.3 Å². The normalized spacial score (nSPS) is 10.9. The number of aromatic amines is 1. The Morgan fingerprint density at radius 2 is 2.04 bits per heavy atom. The number of carbonyl (C=O) groups excluding carboxylic acids is 1. The number of likely N-dealkylation sites (N-methyl/N-ethyl adjacent to an activating group) is 1. The first-order valence-corrected chi connectivity index (χ1v) is 8.55. The summed E-state index contributed by atoms with van der Waals surface area (Å²) in [5.41, 5.74) is 1.23. The van der Waals surface area contributed by atoms with Gasteiger partial charge < -0.3 is 15.2 Å². The van der Waals surface area contributed by atoms with E-state index in [0.717, 1.165) is 19.6 Å². The molecule has 0 atom stereocenters. The average molecular weight is 343 g/mol. The monoisotopic (exact) mass is 343 g/mol. The second-order valence-electron chi connectivity index (χ2n) is 5.75. The fraction of sp³-hybridized carbons (Fsp3) is 0.444. The van der Waals surface area contributed by atoms with Crippen LogP contribution in [0.2, 0.25) is 0 Å². The van der Waals surface area contributed by atoms with Crippen LogP contribution >= 0.6 is 0 Å². The highest BCUT2D eigenvalue weighted by Gasteiger charge is 2.13. The third kappa shape index (κ3) is 5.22. The van der Waals surface area contributed by atoms with Crippen molar-refractivity contribution in [3.63, 3.8) is 0 Å². The number of aromatic nitrogens is 3. The minimum absolute atomic E-state index is 0.0227. The summed E-state index contributed by atoms with van der Waals surface area (Å²) < 4.78 is 0. The fourth-order valence-corrected chi connectivity index (χ4v) is 2.56. The molecule has 0 aliphatic heterocycles. The van der Waals surface area contributed by atoms with Crippen LogP contribution in [-0.4, -0.2) is 51.9 Å². The standard InChI is InChI=1S/C18H25N5O2/c1-4-23(5-2)11-10-20-16(24)12-14-13(3)21-17(22-18(14)25)15-8-6-7-9-19-15/h6-9H,4-5,10-12H2,1-3H3,(H,20,24)(H,21,22,25). The van der Waals surface area contributed by atoms with Crippen molar-refractivity contribution in [1.82, 2.24) is 25.2 Å². The van der Waals surface area contributed by atoms with Gasteiger partial charge in [-0.05, 0) is 32.1 Å². The highest BCUT2D eigenvalue weighted by atomic mass is 16.2. The molecule has 134 valence electrons. The van der Waals surface area contributed by atoms with E-state index in [9.17, 15) is 9.59 Å². The topological polar surface area (TPSA) is 91.0 Å². The van der Waals surface area contributed by atoms with Crippen molar-refractivity contribution in [2.45, 2.75) is 27.2 Å². The van der Waals surface area contributed by atoms with E-state index in [1.165, 1.54) is 0 Å². The predicted molar refractivity (Wildman–Crippen MR) is 97.3 cm³/mol. The first-order valence-electron chi connectivity index (χ1n) is 8.55. The Hall–Kier alpha value is -2.54. The van der Waals surface area contributed by atoms with Gasteiger partial charge in [0.15, 0.2) is 5.82 Å². The van der Waals surface area contributed by atoms with Crippen molar-refractivity contribution in [3.05, 3.63) is 46.0 Å². The molecule has 0 aromatic carbocycles. The van der Waals surface area contributed by atoms with E-state index in [1.54, 1.807) is 25.3 Å². The molecule has 2 N–H and O–H groups in total. The van der Waals surface area contributed by atoms with Crippen molar-refractivity contribution in [2.24, 2.45) is 0 Å². The molecule has 7 heteroatoms. The van der Waals surface area contributed by atoms with Crippen molar-refractivity contribution in [3.8, 4) is 11.5 Å². The van der Waals surface area contributed by atoms with Gasteiger partial charge in [-0.1, -0.05) is 19.9 Å². The molecule has 0 fully saturated rings. The number of amides is 1. The van der Waals surface area contributed by atoms with Gasteiger partial charge in [0.2, 0.25) is 5.91 Å². The average Bonchev–Trinajstić information content (AvgIpc) is 2.62. The summed E-state index contributed by atoms with van der Waals surface area (Å²) in [5, 5.41) is 2.86. The predicted octanol–water partition coefficient (Wildman–Crippen LogP) is 1.14. The minimum atomic E-state index is -0.299. The van der Waals surface area contributed by atoms with Crippen LogP contribution in [0.4, 0.5) is 0 Å². The second kappa shape index (κ2) is 9.08. The Labute approximate surface area is 147 Å². The second-order valence-corrected chi connectivity index (χ2v) is 5.75. The maximum atomic E-state index is 12.3. The summed E-state index contributed by atoms with van der Waals surface area (Å²) >= 11 is 0. The molecule has 2 heterocycles. The van der Waals surface area contributed by atoms with Gasteiger partial charge in [-0.15, -0.1) is 0 Å². The van der Waals surface area contributed by atoms with Gasteiger partial charge in [0, 0.05) is 30.5 Å². The third-order valence-corrected chi connectivity index (χ3v) is 4.11. The quantitative estimate of drug-likeness (QED) is 0.750. The summed E-state index contributed by atoms with van der Waals surface area (Å²) in [6.07, 6.45) is 1.66. The van der Waals surface area contributed by atoms with Gasteiger partial charge in [-0.2, -0.15) is 0 Å². The number of carbonyl (C=O) groups is 1. The van der Waals surface area contributed by atoms with Crippen LogP contribution in [0.1, 0.15) is 25.1 Å². The molecule has 2 aromatic rings. The molecule has 0 bridgehead atoms. The van der Waals surface area contributed by atoms with Crippen LogP contribution in [0.25, 0.3) is 11.5 Å². The number of nitrogens with zero attached hydrogens (tertiary/aromatic N) is 3. The molecule has 0 saturated carbocycles. The smallest absolute Gasteiger partial charge is 0.255 e. The summed E-state index contributed by atoms with van der Waals surface area (Å²) in [7, 11) is 0. The molecule has 1 amide bonds. The van der Waals surface area contributed by atoms with E-state index in [1.807, 2.05) is 6.07 Å². The van der Waals surface area contributed by atoms with Crippen LogP contribution in [0.3, 0.4) is 0 Å². The third-order valence-electron chi connectivity index (χ3n) is 4.11. The van der Waals surface area contributed by atoms with E-state index < -0.39 is 0 Å². The lowest BCUT2D eigenvalue weighted by Crippen LogP contribution is -2.36. The number of hydrogen-bond donors (Lipinski definition) is 2. The Morgan fingerprint density at radius 1 is 1.28 bits per heavy atom. The van der Waals surface area contributed by atoms with Gasteiger partial charge in [0.1, 0.15) is 5.69 Å². The van der Waals surface area contributed by atoms with E-state index in [4.69, 9.17) is 0 Å². The Bertz CT molecular complexity index is 754. The van der Waals surface area contributed by atoms with Crippen molar-refractivity contribution < 1.29 is 4.79 Å². The van der Waals surface area contributed by atoms with Crippen LogP contribution in [0.5, 0.6) is 0 Å². The molecule has 0 radical (unpaired) electrons. The number of rotatable bonds is 8. The van der Waals surface area contributed by atoms with Crippen molar-refractivity contribution in [2.75, 3.05) is 26.2 Å². The zero-order valence-electron chi connectivity index (χ0n) is 15.0. The molecule has 0 saturated heterocycles. The molecule has 25 heavy (non-hydrogen) atoms. The maximum Gasteiger partial charge on any atom is 0.255 e. The van der Waals surface area contributed by atoms with E-state index in [-0.39, 0.29) is 17.9 Å². The first kappa shape index (κ1) is 18.8. The zero-order chi connectivity index (χ0) is 18.2. The molecule has 2 rings (SSSR count). The lowest BCUT2D eigenvalue weighted by molar-refractivity contribution is -0.120. The number of nitrogens with one attached hydrogen (secondary N) is 2. The van der Waals surface area contributed by atoms with E-state index >= 15 is 0 Å². The van der Waals surface area contributed by atoms with Crippen molar-refractivity contribution >= 4 is 5.91 Å². The molecule has 7 nitrogen and oxygen atoms in total. The molecular weight excluding hydrogens is 318 g/mol. The summed E-state index contributed by atoms with van der Waals surface area (Å²) in [4.78, 5) is 37.9. The zero-order valence-corrected chi connectivity index (χ0v) is 15.0. The lowest BCUT2D eigenvalue weighted by Gasteiger charge is -2.18. The summed E-state index contributed by atoms with van der Waals surface area (Å²) in [6, 6.07) is 5.40. The van der Waals surface area contributed by atoms with Gasteiger partial charge >= 0.3 is 0 Å². The minimum Gasteiger partial charge on any atom is -0.355 e. The van der Waals surface area contributed by atoms with Gasteiger partial charge in [-0.3, -0.25) is 14.6 Å². The maximum absolute atomic E-state index is 12.3. The van der Waals surface area contributed by atoms with E-state index in [2.05, 4.69) is 39.0 Å². The van der Waals surface area contributed by atoms with Crippen LogP contribution in [-0.2, 0) is 11.2 Å². The molecular formula is C18H25N5O2.